The summed E-state index contributed by atoms with van der Waals surface area (Å²) in [6.45, 7) is 5.51. The summed E-state index contributed by atoms with van der Waals surface area (Å²) in [6.07, 6.45) is 3.60. The molecule has 4 rings (SSSR count). The molecule has 0 spiro atoms. The maximum atomic E-state index is 13.3. The van der Waals surface area contributed by atoms with Crippen LogP contribution in [0.25, 0.3) is 10.9 Å². The van der Waals surface area contributed by atoms with Crippen molar-refractivity contribution in [3.05, 3.63) is 71.2 Å². The van der Waals surface area contributed by atoms with E-state index in [0.717, 1.165) is 28.5 Å². The Hall–Kier alpha value is -2.66. The van der Waals surface area contributed by atoms with E-state index in [4.69, 9.17) is 0 Å². The first kappa shape index (κ1) is 20.6. The lowest BCUT2D eigenvalue weighted by Crippen LogP contribution is -2.40. The smallest absolute Gasteiger partial charge is 0.352 e. The van der Waals surface area contributed by atoms with Crippen LogP contribution in [0.15, 0.2) is 48.5 Å². The minimum absolute atomic E-state index is 0.296. The molecular weight excluding hydrogens is 379 g/mol. The van der Waals surface area contributed by atoms with Crippen molar-refractivity contribution in [3.8, 4) is 0 Å². The molecule has 1 heterocycles. The zero-order valence-corrected chi connectivity index (χ0v) is 17.6. The molecule has 3 aromatic rings. The van der Waals surface area contributed by atoms with E-state index in [1.165, 1.54) is 25.0 Å². The third kappa shape index (κ3) is 3.99. The van der Waals surface area contributed by atoms with Gasteiger partial charge in [-0.05, 0) is 42.0 Å². The lowest BCUT2D eigenvalue weighted by molar-refractivity contribution is 0.0684. The highest BCUT2D eigenvalue weighted by Crippen LogP contribution is 2.31. The number of benzene rings is 2. The maximum Gasteiger partial charge on any atom is 0.352 e. The van der Waals surface area contributed by atoms with Gasteiger partial charge in [0.25, 0.3) is 0 Å². The number of hydrogen-bond acceptors (Lipinski definition) is 2. The van der Waals surface area contributed by atoms with Crippen LogP contribution in [0, 0.1) is 17.7 Å². The first-order valence-electron chi connectivity index (χ1n) is 10.8. The topological polar surface area (TPSA) is 54.3 Å². The second kappa shape index (κ2) is 8.60. The van der Waals surface area contributed by atoms with Crippen LogP contribution in [0.1, 0.15) is 54.7 Å². The molecule has 0 unspecified atom stereocenters. The Labute approximate surface area is 176 Å². The van der Waals surface area contributed by atoms with Crippen molar-refractivity contribution in [3.63, 3.8) is 0 Å². The predicted octanol–water partition coefficient (Wildman–Crippen LogP) is 5.44. The Morgan fingerprint density at radius 2 is 1.87 bits per heavy atom. The van der Waals surface area contributed by atoms with E-state index < -0.39 is 5.97 Å². The van der Waals surface area contributed by atoms with Gasteiger partial charge in [-0.25, -0.2) is 9.18 Å². The molecule has 1 fully saturated rings. The summed E-state index contributed by atoms with van der Waals surface area (Å²) < 4.78 is 15.2. The van der Waals surface area contributed by atoms with Crippen LogP contribution in [0.4, 0.5) is 4.39 Å². The lowest BCUT2D eigenvalue weighted by atomic mass is 9.78. The van der Waals surface area contributed by atoms with Crippen LogP contribution in [0.3, 0.4) is 0 Å². The molecule has 2 N–H and O–H groups in total. The highest BCUT2D eigenvalue weighted by Gasteiger charge is 2.28. The third-order valence-electron chi connectivity index (χ3n) is 6.78. The number of halogens is 1. The lowest BCUT2D eigenvalue weighted by Gasteiger charge is -2.34. The molecule has 0 radical (unpaired) electrons. The normalized spacial score (nSPS) is 21.8. The summed E-state index contributed by atoms with van der Waals surface area (Å²) in [5, 5.41) is 14.7. The molecule has 1 saturated carbocycles. The number of nitrogens with one attached hydrogen (secondary N) is 1. The second-order valence-corrected chi connectivity index (χ2v) is 8.62. The van der Waals surface area contributed by atoms with Gasteiger partial charge in [0.2, 0.25) is 0 Å². The van der Waals surface area contributed by atoms with Gasteiger partial charge >= 0.3 is 5.97 Å². The van der Waals surface area contributed by atoms with Crippen LogP contribution in [0.5, 0.6) is 0 Å². The number of aromatic carboxylic acids is 1. The summed E-state index contributed by atoms with van der Waals surface area (Å²) in [5.41, 5.74) is 2.89. The number of hydrogen-bond donors (Lipinski definition) is 2. The van der Waals surface area contributed by atoms with Gasteiger partial charge in [0, 0.05) is 35.6 Å². The monoisotopic (exact) mass is 408 g/mol. The van der Waals surface area contributed by atoms with Gasteiger partial charge in [0.15, 0.2) is 0 Å². The number of carbonyl (C=O) groups is 1. The molecule has 0 aliphatic heterocycles. The van der Waals surface area contributed by atoms with Crippen molar-refractivity contribution in [1.29, 1.82) is 0 Å². The SMILES string of the molecule is C[C@@H]1[C@H](C)CCC[C@@H]1NCc1c(C(=O)O)n(Cc2ccc(F)cc2)c2ccccc12. The van der Waals surface area contributed by atoms with Crippen LogP contribution < -0.4 is 5.32 Å². The van der Waals surface area contributed by atoms with Gasteiger partial charge in [-0.2, -0.15) is 0 Å². The zero-order chi connectivity index (χ0) is 21.3. The number of carboxylic acids is 1. The first-order chi connectivity index (χ1) is 14.5. The number of rotatable bonds is 6. The number of fused-ring (bicyclic) bond motifs is 1. The third-order valence-corrected chi connectivity index (χ3v) is 6.78. The molecule has 2 aromatic carbocycles. The van der Waals surface area contributed by atoms with Crippen LogP contribution in [0.2, 0.25) is 0 Å². The minimum Gasteiger partial charge on any atom is -0.477 e. The summed E-state index contributed by atoms with van der Waals surface area (Å²) in [6, 6.07) is 14.5. The summed E-state index contributed by atoms with van der Waals surface area (Å²) >= 11 is 0. The van der Waals surface area contributed by atoms with E-state index in [1.807, 2.05) is 28.8 Å². The average Bonchev–Trinajstić information content (AvgIpc) is 3.04. The number of para-hydroxylation sites is 1. The summed E-state index contributed by atoms with van der Waals surface area (Å²) in [7, 11) is 0. The van der Waals surface area contributed by atoms with Crippen molar-refractivity contribution in [2.24, 2.45) is 11.8 Å². The van der Waals surface area contributed by atoms with Crippen molar-refractivity contribution in [2.45, 2.75) is 52.2 Å². The van der Waals surface area contributed by atoms with Crippen LogP contribution in [-0.4, -0.2) is 21.7 Å². The van der Waals surface area contributed by atoms with Crippen molar-refractivity contribution in [1.82, 2.24) is 9.88 Å². The predicted molar refractivity (Wildman–Crippen MR) is 117 cm³/mol. The van der Waals surface area contributed by atoms with Crippen molar-refractivity contribution in [2.75, 3.05) is 0 Å². The quantitative estimate of drug-likeness (QED) is 0.571. The Morgan fingerprint density at radius 1 is 1.13 bits per heavy atom. The largest absolute Gasteiger partial charge is 0.477 e. The molecule has 1 aliphatic rings. The highest BCUT2D eigenvalue weighted by atomic mass is 19.1. The molecule has 1 aromatic heterocycles. The molecule has 0 amide bonds. The van der Waals surface area contributed by atoms with E-state index in [2.05, 4.69) is 19.2 Å². The zero-order valence-electron chi connectivity index (χ0n) is 17.6. The van der Waals surface area contributed by atoms with Gasteiger partial charge < -0.3 is 15.0 Å². The molecular formula is C25H29FN2O2. The Bertz CT molecular complexity index is 1040. The van der Waals surface area contributed by atoms with Gasteiger partial charge in [-0.1, -0.05) is 57.0 Å². The van der Waals surface area contributed by atoms with Crippen LogP contribution >= 0.6 is 0 Å². The number of carboxylic acid groups (broad SMARTS) is 1. The van der Waals surface area contributed by atoms with E-state index in [9.17, 15) is 14.3 Å². The molecule has 0 saturated heterocycles. The van der Waals surface area contributed by atoms with E-state index >= 15 is 0 Å². The molecule has 4 nitrogen and oxygen atoms in total. The Balaban J connectivity index is 1.71. The summed E-state index contributed by atoms with van der Waals surface area (Å²) in [5.74, 6) is 0.0140. The fraction of sp³-hybridized carbons (Fsp3) is 0.400. The second-order valence-electron chi connectivity index (χ2n) is 8.62. The van der Waals surface area contributed by atoms with Crippen LogP contribution in [-0.2, 0) is 13.1 Å². The molecule has 158 valence electrons. The van der Waals surface area contributed by atoms with Crippen molar-refractivity contribution < 1.29 is 14.3 Å². The fourth-order valence-corrected chi connectivity index (χ4v) is 4.84. The highest BCUT2D eigenvalue weighted by molar-refractivity contribution is 5.98. The molecule has 0 bridgehead atoms. The fourth-order valence-electron chi connectivity index (χ4n) is 4.84. The van der Waals surface area contributed by atoms with Gasteiger partial charge in [0.1, 0.15) is 11.5 Å². The molecule has 3 atom stereocenters. The van der Waals surface area contributed by atoms with Crippen molar-refractivity contribution >= 4 is 16.9 Å². The standard InChI is InChI=1S/C25H29FN2O2/c1-16-6-5-8-22(17(16)2)27-14-21-20-7-3-4-9-23(20)28(24(21)25(29)30)15-18-10-12-19(26)13-11-18/h3-4,7,9-13,16-17,22,27H,5-6,8,14-15H2,1-2H3,(H,29,30)/t16-,17-,22+/m1/s1. The van der Waals surface area contributed by atoms with E-state index in [0.29, 0.717) is 36.7 Å². The van der Waals surface area contributed by atoms with Gasteiger partial charge in [0.05, 0.1) is 0 Å². The maximum absolute atomic E-state index is 13.3. The van der Waals surface area contributed by atoms with E-state index in [-0.39, 0.29) is 5.82 Å². The van der Waals surface area contributed by atoms with E-state index in [1.54, 1.807) is 12.1 Å². The number of nitrogens with zero attached hydrogens (tertiary/aromatic N) is 1. The van der Waals surface area contributed by atoms with Gasteiger partial charge in [-0.15, -0.1) is 0 Å². The molecule has 1 aliphatic carbocycles. The average molecular weight is 409 g/mol. The summed E-state index contributed by atoms with van der Waals surface area (Å²) in [4.78, 5) is 12.3. The number of aromatic nitrogens is 1. The minimum atomic E-state index is -0.935. The van der Waals surface area contributed by atoms with Gasteiger partial charge in [-0.3, -0.25) is 0 Å². The molecule has 5 heteroatoms. The first-order valence-corrected chi connectivity index (χ1v) is 10.8. The molecule has 30 heavy (non-hydrogen) atoms. The Kier molecular flexibility index (Phi) is 5.91. The Morgan fingerprint density at radius 3 is 2.60 bits per heavy atom.